The van der Waals surface area contributed by atoms with E-state index in [1.165, 1.54) is 18.2 Å². The van der Waals surface area contributed by atoms with E-state index < -0.39 is 11.7 Å². The van der Waals surface area contributed by atoms with Gasteiger partial charge in [0, 0.05) is 31.6 Å². The summed E-state index contributed by atoms with van der Waals surface area (Å²) in [6.07, 6.45) is 0. The number of carbonyl (C=O) groups is 2. The number of hydrogen-bond donors (Lipinski definition) is 1. The highest BCUT2D eigenvalue weighted by molar-refractivity contribution is 7.14. The standard InChI is InChI=1S/C17H19FN4O2S/c1-2-21-7-9-22(10-8-21)16(24)14-11-25-17(19-14)20-15(23)12-5-3-4-6-13(12)18/h3-6,11H,2,7-10H2,1H3,(H,19,20,23). The molecule has 132 valence electrons. The molecule has 0 radical (unpaired) electrons. The van der Waals surface area contributed by atoms with Gasteiger partial charge in [-0.05, 0) is 18.7 Å². The van der Waals surface area contributed by atoms with Crippen molar-refractivity contribution in [3.63, 3.8) is 0 Å². The Hall–Kier alpha value is -2.32. The number of halogens is 1. The predicted molar refractivity (Wildman–Crippen MR) is 94.5 cm³/mol. The molecule has 0 aliphatic carbocycles. The highest BCUT2D eigenvalue weighted by atomic mass is 32.1. The van der Waals surface area contributed by atoms with Crippen LogP contribution < -0.4 is 5.32 Å². The molecular formula is C17H19FN4O2S. The molecule has 6 nitrogen and oxygen atoms in total. The maximum Gasteiger partial charge on any atom is 0.273 e. The quantitative estimate of drug-likeness (QED) is 0.907. The number of thiazole rings is 1. The molecule has 8 heteroatoms. The van der Waals surface area contributed by atoms with Gasteiger partial charge in [0.1, 0.15) is 11.5 Å². The molecule has 1 N–H and O–H groups in total. The van der Waals surface area contributed by atoms with Crippen LogP contribution in [0.1, 0.15) is 27.8 Å². The van der Waals surface area contributed by atoms with Gasteiger partial charge in [0.15, 0.2) is 5.13 Å². The van der Waals surface area contributed by atoms with Crippen LogP contribution in [0, 0.1) is 5.82 Å². The summed E-state index contributed by atoms with van der Waals surface area (Å²) in [4.78, 5) is 32.8. The van der Waals surface area contributed by atoms with E-state index in [2.05, 4.69) is 22.1 Å². The maximum absolute atomic E-state index is 13.6. The third kappa shape index (κ3) is 4.02. The number of carbonyl (C=O) groups excluding carboxylic acids is 2. The Morgan fingerprint density at radius 3 is 2.64 bits per heavy atom. The Kier molecular flexibility index (Phi) is 5.40. The number of benzene rings is 1. The van der Waals surface area contributed by atoms with Crippen molar-refractivity contribution in [3.05, 3.63) is 46.7 Å². The van der Waals surface area contributed by atoms with Crippen molar-refractivity contribution in [2.75, 3.05) is 38.0 Å². The summed E-state index contributed by atoms with van der Waals surface area (Å²) >= 11 is 1.15. The fraction of sp³-hybridized carbons (Fsp3) is 0.353. The molecule has 1 saturated heterocycles. The van der Waals surface area contributed by atoms with E-state index in [0.717, 1.165) is 31.0 Å². The van der Waals surface area contributed by atoms with Crippen LogP contribution in [0.5, 0.6) is 0 Å². The minimum atomic E-state index is -0.596. The molecule has 1 aromatic carbocycles. The van der Waals surface area contributed by atoms with E-state index in [0.29, 0.717) is 18.8 Å². The second-order valence-electron chi connectivity index (χ2n) is 5.70. The second kappa shape index (κ2) is 7.71. The van der Waals surface area contributed by atoms with Crippen LogP contribution in [0.15, 0.2) is 29.6 Å². The van der Waals surface area contributed by atoms with Crippen molar-refractivity contribution in [3.8, 4) is 0 Å². The lowest BCUT2D eigenvalue weighted by atomic mass is 10.2. The molecule has 0 atom stereocenters. The van der Waals surface area contributed by atoms with E-state index in [1.807, 2.05) is 0 Å². The lowest BCUT2D eigenvalue weighted by Gasteiger charge is -2.33. The smallest absolute Gasteiger partial charge is 0.273 e. The minimum Gasteiger partial charge on any atom is -0.335 e. The summed E-state index contributed by atoms with van der Waals surface area (Å²) in [5.74, 6) is -1.32. The van der Waals surface area contributed by atoms with Gasteiger partial charge in [0.05, 0.1) is 5.56 Å². The van der Waals surface area contributed by atoms with Gasteiger partial charge in [-0.1, -0.05) is 19.1 Å². The number of aromatic nitrogens is 1. The van der Waals surface area contributed by atoms with Crippen LogP contribution in [0.2, 0.25) is 0 Å². The van der Waals surface area contributed by atoms with E-state index in [1.54, 1.807) is 16.3 Å². The van der Waals surface area contributed by atoms with Crippen molar-refractivity contribution in [1.29, 1.82) is 0 Å². The Bertz CT molecular complexity index is 772. The monoisotopic (exact) mass is 362 g/mol. The highest BCUT2D eigenvalue weighted by Gasteiger charge is 2.23. The summed E-state index contributed by atoms with van der Waals surface area (Å²) in [6, 6.07) is 5.73. The molecule has 2 amide bonds. The number of nitrogens with zero attached hydrogens (tertiary/aromatic N) is 3. The third-order valence-electron chi connectivity index (χ3n) is 4.17. The summed E-state index contributed by atoms with van der Waals surface area (Å²) in [6.45, 7) is 6.11. The molecule has 2 heterocycles. The second-order valence-corrected chi connectivity index (χ2v) is 6.56. The zero-order valence-electron chi connectivity index (χ0n) is 13.9. The summed E-state index contributed by atoms with van der Waals surface area (Å²) < 4.78 is 13.6. The first-order valence-electron chi connectivity index (χ1n) is 8.11. The Balaban J connectivity index is 1.63. The minimum absolute atomic E-state index is 0.0544. The van der Waals surface area contributed by atoms with Gasteiger partial charge in [0.2, 0.25) is 0 Å². The number of nitrogens with one attached hydrogen (secondary N) is 1. The number of likely N-dealkylation sites (N-methyl/N-ethyl adjacent to an activating group) is 1. The van der Waals surface area contributed by atoms with Crippen molar-refractivity contribution in [2.45, 2.75) is 6.92 Å². The zero-order valence-corrected chi connectivity index (χ0v) is 14.7. The highest BCUT2D eigenvalue weighted by Crippen LogP contribution is 2.19. The molecule has 1 aromatic heterocycles. The topological polar surface area (TPSA) is 65.5 Å². The van der Waals surface area contributed by atoms with Gasteiger partial charge in [-0.15, -0.1) is 11.3 Å². The fourth-order valence-corrected chi connectivity index (χ4v) is 3.35. The van der Waals surface area contributed by atoms with Gasteiger partial charge in [-0.3, -0.25) is 14.9 Å². The van der Waals surface area contributed by atoms with E-state index in [9.17, 15) is 14.0 Å². The first-order valence-corrected chi connectivity index (χ1v) is 8.99. The number of hydrogen-bond acceptors (Lipinski definition) is 5. The maximum atomic E-state index is 13.6. The predicted octanol–water partition coefficient (Wildman–Crippen LogP) is 2.31. The largest absolute Gasteiger partial charge is 0.335 e. The van der Waals surface area contributed by atoms with Crippen molar-refractivity contribution < 1.29 is 14.0 Å². The van der Waals surface area contributed by atoms with Gasteiger partial charge in [0.25, 0.3) is 11.8 Å². The molecule has 2 aromatic rings. The Morgan fingerprint density at radius 1 is 1.24 bits per heavy atom. The molecule has 0 unspecified atom stereocenters. The molecule has 1 fully saturated rings. The third-order valence-corrected chi connectivity index (χ3v) is 4.93. The Morgan fingerprint density at radius 2 is 1.96 bits per heavy atom. The molecule has 1 aliphatic rings. The van der Waals surface area contributed by atoms with Crippen molar-refractivity contribution in [1.82, 2.24) is 14.8 Å². The van der Waals surface area contributed by atoms with Crippen LogP contribution in [0.25, 0.3) is 0 Å². The zero-order chi connectivity index (χ0) is 17.8. The first kappa shape index (κ1) is 17.5. The van der Waals surface area contributed by atoms with E-state index in [-0.39, 0.29) is 16.6 Å². The SMILES string of the molecule is CCN1CCN(C(=O)c2csc(NC(=O)c3ccccc3F)n2)CC1. The van der Waals surface area contributed by atoms with Gasteiger partial charge in [-0.2, -0.15) is 0 Å². The summed E-state index contributed by atoms with van der Waals surface area (Å²) in [5.41, 5.74) is 0.250. The average Bonchev–Trinajstić information content (AvgIpc) is 3.10. The molecular weight excluding hydrogens is 343 g/mol. The Labute approximate surface area is 149 Å². The van der Waals surface area contributed by atoms with E-state index >= 15 is 0 Å². The first-order chi connectivity index (χ1) is 12.1. The van der Waals surface area contributed by atoms with E-state index in [4.69, 9.17) is 0 Å². The normalized spacial score (nSPS) is 15.2. The summed E-state index contributed by atoms with van der Waals surface area (Å²) in [5, 5.41) is 4.44. The van der Waals surface area contributed by atoms with Crippen LogP contribution in [0.3, 0.4) is 0 Å². The summed E-state index contributed by atoms with van der Waals surface area (Å²) in [7, 11) is 0. The number of rotatable bonds is 4. The molecule has 3 rings (SSSR count). The van der Waals surface area contributed by atoms with Gasteiger partial charge >= 0.3 is 0 Å². The van der Waals surface area contributed by atoms with Crippen molar-refractivity contribution in [2.24, 2.45) is 0 Å². The van der Waals surface area contributed by atoms with Gasteiger partial charge in [-0.25, -0.2) is 9.37 Å². The number of anilines is 1. The molecule has 0 spiro atoms. The molecule has 1 aliphatic heterocycles. The molecule has 25 heavy (non-hydrogen) atoms. The van der Waals surface area contributed by atoms with Gasteiger partial charge < -0.3 is 9.80 Å². The van der Waals surface area contributed by atoms with Crippen LogP contribution >= 0.6 is 11.3 Å². The van der Waals surface area contributed by atoms with Crippen LogP contribution in [-0.2, 0) is 0 Å². The lowest BCUT2D eigenvalue weighted by molar-refractivity contribution is 0.0638. The molecule has 0 saturated carbocycles. The van der Waals surface area contributed by atoms with Crippen LogP contribution in [0.4, 0.5) is 9.52 Å². The number of piperazine rings is 1. The van der Waals surface area contributed by atoms with Crippen LogP contribution in [-0.4, -0.2) is 59.3 Å². The fourth-order valence-electron chi connectivity index (χ4n) is 2.67. The molecule has 0 bridgehead atoms. The van der Waals surface area contributed by atoms with Crippen molar-refractivity contribution >= 4 is 28.3 Å². The average molecular weight is 362 g/mol. The lowest BCUT2D eigenvalue weighted by Crippen LogP contribution is -2.48. The number of amides is 2.